The second kappa shape index (κ2) is 5.91. The van der Waals surface area contributed by atoms with Crippen LogP contribution < -0.4 is 0 Å². The molecule has 0 unspecified atom stereocenters. The van der Waals surface area contributed by atoms with Gasteiger partial charge in [-0.1, -0.05) is 24.3 Å². The number of benzene rings is 2. The maximum Gasteiger partial charge on any atom is 0.417 e. The van der Waals surface area contributed by atoms with Gasteiger partial charge in [-0.05, 0) is 29.3 Å². The molecular weight excluding hydrogens is 348 g/mol. The van der Waals surface area contributed by atoms with Crippen molar-refractivity contribution in [2.75, 3.05) is 0 Å². The van der Waals surface area contributed by atoms with Gasteiger partial charge in [0.1, 0.15) is 6.33 Å². The zero-order valence-electron chi connectivity index (χ0n) is 12.3. The SMILES string of the molecule is FC(F)(F)c1ccc(-c2cccc(-c3ncn[nH]3)c2)c(C(F)(F)F)c1. The Kier molecular flexibility index (Phi) is 4.02. The summed E-state index contributed by atoms with van der Waals surface area (Å²) in [6, 6.07) is 7.45. The molecule has 2 aromatic carbocycles. The highest BCUT2D eigenvalue weighted by Gasteiger charge is 2.38. The molecule has 0 spiro atoms. The first kappa shape index (κ1) is 17.0. The number of hydrogen-bond donors (Lipinski definition) is 1. The largest absolute Gasteiger partial charge is 0.417 e. The summed E-state index contributed by atoms with van der Waals surface area (Å²) >= 11 is 0. The molecule has 0 fully saturated rings. The molecule has 0 aliphatic heterocycles. The quantitative estimate of drug-likeness (QED) is 0.643. The summed E-state index contributed by atoms with van der Waals surface area (Å²) in [4.78, 5) is 3.90. The van der Waals surface area contributed by atoms with Crippen molar-refractivity contribution >= 4 is 0 Å². The Balaban J connectivity index is 2.16. The van der Waals surface area contributed by atoms with Crippen LogP contribution in [-0.4, -0.2) is 15.2 Å². The van der Waals surface area contributed by atoms with Gasteiger partial charge in [-0.25, -0.2) is 4.98 Å². The molecule has 0 aliphatic carbocycles. The summed E-state index contributed by atoms with van der Waals surface area (Å²) in [6.45, 7) is 0. The normalized spacial score (nSPS) is 12.4. The van der Waals surface area contributed by atoms with Crippen molar-refractivity contribution in [3.63, 3.8) is 0 Å². The molecule has 3 nitrogen and oxygen atoms in total. The van der Waals surface area contributed by atoms with Crippen molar-refractivity contribution in [3.8, 4) is 22.5 Å². The maximum atomic E-state index is 13.3. The summed E-state index contributed by atoms with van der Waals surface area (Å²) in [7, 11) is 0. The van der Waals surface area contributed by atoms with E-state index < -0.39 is 23.5 Å². The zero-order chi connectivity index (χ0) is 18.2. The van der Waals surface area contributed by atoms with Crippen LogP contribution in [0.2, 0.25) is 0 Å². The fourth-order valence-corrected chi connectivity index (χ4v) is 2.39. The van der Waals surface area contributed by atoms with Gasteiger partial charge in [0, 0.05) is 5.56 Å². The van der Waals surface area contributed by atoms with Crippen molar-refractivity contribution in [2.24, 2.45) is 0 Å². The van der Waals surface area contributed by atoms with E-state index in [2.05, 4.69) is 15.2 Å². The molecule has 0 atom stereocenters. The predicted molar refractivity (Wildman–Crippen MR) is 77.3 cm³/mol. The topological polar surface area (TPSA) is 41.6 Å². The molecule has 25 heavy (non-hydrogen) atoms. The molecule has 0 saturated carbocycles. The van der Waals surface area contributed by atoms with Crippen LogP contribution in [0.25, 0.3) is 22.5 Å². The number of H-pyrrole nitrogens is 1. The van der Waals surface area contributed by atoms with Crippen LogP contribution in [0.4, 0.5) is 26.3 Å². The van der Waals surface area contributed by atoms with Gasteiger partial charge in [-0.2, -0.15) is 31.4 Å². The highest BCUT2D eigenvalue weighted by atomic mass is 19.4. The highest BCUT2D eigenvalue weighted by molar-refractivity contribution is 5.73. The van der Waals surface area contributed by atoms with Gasteiger partial charge in [-0.3, -0.25) is 5.10 Å². The lowest BCUT2D eigenvalue weighted by atomic mass is 9.95. The molecule has 0 bridgehead atoms. The number of halogens is 6. The Bertz CT molecular complexity index is 882. The van der Waals surface area contributed by atoms with Crippen molar-refractivity contribution < 1.29 is 26.3 Å². The van der Waals surface area contributed by atoms with Crippen LogP contribution in [0.5, 0.6) is 0 Å². The van der Waals surface area contributed by atoms with Crippen LogP contribution in [0, 0.1) is 0 Å². The molecular formula is C16H9F6N3. The van der Waals surface area contributed by atoms with Gasteiger partial charge in [0.25, 0.3) is 0 Å². The van der Waals surface area contributed by atoms with E-state index in [1.54, 1.807) is 6.07 Å². The van der Waals surface area contributed by atoms with E-state index in [4.69, 9.17) is 0 Å². The fraction of sp³-hybridized carbons (Fsp3) is 0.125. The molecule has 0 amide bonds. The van der Waals surface area contributed by atoms with Crippen LogP contribution in [-0.2, 0) is 12.4 Å². The van der Waals surface area contributed by atoms with Gasteiger partial charge < -0.3 is 0 Å². The number of nitrogens with zero attached hydrogens (tertiary/aromatic N) is 2. The molecule has 3 rings (SSSR count). The van der Waals surface area contributed by atoms with E-state index in [0.29, 0.717) is 17.5 Å². The first-order chi connectivity index (χ1) is 11.7. The molecule has 0 radical (unpaired) electrons. The van der Waals surface area contributed by atoms with Crippen LogP contribution in [0.1, 0.15) is 11.1 Å². The summed E-state index contributed by atoms with van der Waals surface area (Å²) in [5, 5.41) is 6.23. The summed E-state index contributed by atoms with van der Waals surface area (Å²) < 4.78 is 78.1. The lowest BCUT2D eigenvalue weighted by molar-refractivity contribution is -0.142. The van der Waals surface area contributed by atoms with Gasteiger partial charge in [0.05, 0.1) is 11.1 Å². The van der Waals surface area contributed by atoms with Crippen LogP contribution in [0.3, 0.4) is 0 Å². The zero-order valence-corrected chi connectivity index (χ0v) is 12.3. The minimum absolute atomic E-state index is 0.120. The third-order valence-electron chi connectivity index (χ3n) is 3.51. The highest BCUT2D eigenvalue weighted by Crippen LogP contribution is 2.41. The average molecular weight is 357 g/mol. The molecule has 9 heteroatoms. The van der Waals surface area contributed by atoms with Gasteiger partial charge in [0.15, 0.2) is 5.82 Å². The number of aromatic nitrogens is 3. The summed E-state index contributed by atoms with van der Waals surface area (Å²) in [6.07, 6.45) is -8.56. The standard InChI is InChI=1S/C16H9F6N3/c17-15(18,19)11-4-5-12(13(7-11)16(20,21)22)9-2-1-3-10(6-9)14-23-8-24-25-14/h1-8H,(H,23,24,25). The minimum Gasteiger partial charge on any atom is -0.259 e. The molecule has 1 heterocycles. The monoisotopic (exact) mass is 357 g/mol. The Morgan fingerprint density at radius 2 is 1.52 bits per heavy atom. The molecule has 1 N–H and O–H groups in total. The molecule has 0 aliphatic rings. The third kappa shape index (κ3) is 3.49. The van der Waals surface area contributed by atoms with Crippen molar-refractivity contribution in [1.29, 1.82) is 0 Å². The van der Waals surface area contributed by atoms with Crippen molar-refractivity contribution in [2.45, 2.75) is 12.4 Å². The predicted octanol–water partition coefficient (Wildman–Crippen LogP) is 5.18. The first-order valence-corrected chi connectivity index (χ1v) is 6.91. The Hall–Kier alpha value is -2.84. The van der Waals surface area contributed by atoms with E-state index in [1.165, 1.54) is 24.5 Å². The number of rotatable bonds is 2. The lowest BCUT2D eigenvalue weighted by Gasteiger charge is -2.16. The Morgan fingerprint density at radius 1 is 0.800 bits per heavy atom. The summed E-state index contributed by atoms with van der Waals surface area (Å²) in [5.41, 5.74) is -2.47. The van der Waals surface area contributed by atoms with E-state index >= 15 is 0 Å². The first-order valence-electron chi connectivity index (χ1n) is 6.91. The number of nitrogens with one attached hydrogen (secondary N) is 1. The number of aromatic amines is 1. The van der Waals surface area contributed by atoms with Crippen LogP contribution >= 0.6 is 0 Å². The molecule has 130 valence electrons. The van der Waals surface area contributed by atoms with E-state index in [-0.39, 0.29) is 17.2 Å². The summed E-state index contributed by atoms with van der Waals surface area (Å²) in [5.74, 6) is 0.335. The lowest BCUT2D eigenvalue weighted by Crippen LogP contribution is -2.12. The van der Waals surface area contributed by atoms with Gasteiger partial charge in [0.2, 0.25) is 0 Å². The number of hydrogen-bond acceptors (Lipinski definition) is 2. The van der Waals surface area contributed by atoms with E-state index in [0.717, 1.165) is 6.07 Å². The Labute approximate surface area is 137 Å². The molecule has 0 saturated heterocycles. The van der Waals surface area contributed by atoms with Crippen molar-refractivity contribution in [1.82, 2.24) is 15.2 Å². The molecule has 3 aromatic rings. The number of alkyl halides is 6. The van der Waals surface area contributed by atoms with Gasteiger partial charge in [-0.15, -0.1) is 0 Å². The fourth-order valence-electron chi connectivity index (χ4n) is 2.39. The smallest absolute Gasteiger partial charge is 0.259 e. The van der Waals surface area contributed by atoms with Crippen molar-refractivity contribution in [3.05, 3.63) is 59.9 Å². The second-order valence-electron chi connectivity index (χ2n) is 5.17. The van der Waals surface area contributed by atoms with Crippen LogP contribution in [0.15, 0.2) is 48.8 Å². The maximum absolute atomic E-state index is 13.3. The minimum atomic E-state index is -4.93. The van der Waals surface area contributed by atoms with E-state index in [1.807, 2.05) is 0 Å². The Morgan fingerprint density at radius 3 is 2.12 bits per heavy atom. The molecule has 1 aromatic heterocycles. The van der Waals surface area contributed by atoms with Gasteiger partial charge >= 0.3 is 12.4 Å². The second-order valence-corrected chi connectivity index (χ2v) is 5.17. The average Bonchev–Trinajstić information content (AvgIpc) is 3.07. The van der Waals surface area contributed by atoms with E-state index in [9.17, 15) is 26.3 Å². The third-order valence-corrected chi connectivity index (χ3v) is 3.51.